The van der Waals surface area contributed by atoms with Gasteiger partial charge in [-0.25, -0.2) is 4.79 Å². The van der Waals surface area contributed by atoms with E-state index in [0.717, 1.165) is 32.2 Å². The molecule has 2 N–H and O–H groups in total. The second-order valence-corrected chi connectivity index (χ2v) is 5.73. The van der Waals surface area contributed by atoms with Gasteiger partial charge in [-0.05, 0) is 38.1 Å². The average molecular weight is 268 g/mol. The van der Waals surface area contributed by atoms with Crippen LogP contribution in [0, 0.1) is 11.8 Å². The highest BCUT2D eigenvalue weighted by Crippen LogP contribution is 2.27. The number of piperidine rings is 2. The zero-order chi connectivity index (χ0) is 13.8. The lowest BCUT2D eigenvalue weighted by molar-refractivity contribution is -0.155. The van der Waals surface area contributed by atoms with E-state index in [4.69, 9.17) is 0 Å². The molecule has 2 fully saturated rings. The van der Waals surface area contributed by atoms with Gasteiger partial charge < -0.3 is 15.3 Å². The Kier molecular flexibility index (Phi) is 4.80. The van der Waals surface area contributed by atoms with E-state index in [1.54, 1.807) is 4.90 Å². The summed E-state index contributed by atoms with van der Waals surface area (Å²) >= 11 is 0. The lowest BCUT2D eigenvalue weighted by Gasteiger charge is -2.39. The first kappa shape index (κ1) is 14.3. The largest absolute Gasteiger partial charge is 0.480 e. The Bertz CT molecular complexity index is 340. The van der Waals surface area contributed by atoms with E-state index in [9.17, 15) is 14.7 Å². The summed E-state index contributed by atoms with van der Waals surface area (Å²) in [6.07, 6.45) is 4.42. The van der Waals surface area contributed by atoms with Crippen LogP contribution in [0.3, 0.4) is 0 Å². The molecule has 0 bridgehead atoms. The number of carbonyl (C=O) groups is 2. The Morgan fingerprint density at radius 2 is 2.16 bits per heavy atom. The van der Waals surface area contributed by atoms with Gasteiger partial charge in [0.1, 0.15) is 6.04 Å². The molecule has 0 aromatic carbocycles. The molecule has 19 heavy (non-hydrogen) atoms. The number of amides is 1. The molecule has 2 aliphatic rings. The molecule has 0 saturated carbocycles. The highest BCUT2D eigenvalue weighted by Gasteiger charge is 2.38. The molecule has 2 aliphatic heterocycles. The molecule has 3 atom stereocenters. The number of carboxylic acids is 1. The van der Waals surface area contributed by atoms with Crippen LogP contribution in [0.25, 0.3) is 0 Å². The molecule has 2 saturated heterocycles. The maximum atomic E-state index is 12.5. The third-order valence-corrected chi connectivity index (χ3v) is 4.50. The van der Waals surface area contributed by atoms with Crippen LogP contribution < -0.4 is 5.32 Å². The van der Waals surface area contributed by atoms with Crippen molar-refractivity contribution in [3.8, 4) is 0 Å². The van der Waals surface area contributed by atoms with Crippen molar-refractivity contribution in [2.24, 2.45) is 11.8 Å². The number of nitrogens with zero attached hydrogens (tertiary/aromatic N) is 1. The van der Waals surface area contributed by atoms with Crippen LogP contribution in [-0.2, 0) is 9.59 Å². The van der Waals surface area contributed by atoms with Gasteiger partial charge in [0.15, 0.2) is 0 Å². The van der Waals surface area contributed by atoms with Crippen LogP contribution in [0.1, 0.15) is 39.0 Å². The molecule has 0 radical (unpaired) electrons. The van der Waals surface area contributed by atoms with Gasteiger partial charge in [0.2, 0.25) is 5.91 Å². The number of nitrogens with one attached hydrogen (secondary N) is 1. The highest BCUT2D eigenvalue weighted by atomic mass is 16.4. The minimum absolute atomic E-state index is 0.0335. The minimum Gasteiger partial charge on any atom is -0.480 e. The van der Waals surface area contributed by atoms with Crippen LogP contribution in [-0.4, -0.2) is 47.6 Å². The maximum Gasteiger partial charge on any atom is 0.326 e. The number of likely N-dealkylation sites (tertiary alicyclic amines) is 1. The van der Waals surface area contributed by atoms with Crippen molar-refractivity contribution in [1.29, 1.82) is 0 Å². The lowest BCUT2D eigenvalue weighted by atomic mass is 9.87. The standard InChI is InChI=1S/C14H24N2O3/c1-2-10-5-7-16(12(8-10)14(18)19)13(17)11-4-3-6-15-9-11/h10-12,15H,2-9H2,1H3,(H,18,19)/t10?,11-,12?/m1/s1. The van der Waals surface area contributed by atoms with E-state index in [0.29, 0.717) is 25.4 Å². The number of carbonyl (C=O) groups excluding carboxylic acids is 1. The summed E-state index contributed by atoms with van der Waals surface area (Å²) in [5.74, 6) is -0.409. The van der Waals surface area contributed by atoms with Crippen LogP contribution >= 0.6 is 0 Å². The first-order chi connectivity index (χ1) is 9.13. The predicted octanol–water partition coefficient (Wildman–Crippen LogP) is 1.09. The van der Waals surface area contributed by atoms with Crippen molar-refractivity contribution in [3.05, 3.63) is 0 Å². The first-order valence-electron chi connectivity index (χ1n) is 7.37. The third kappa shape index (κ3) is 3.26. The molecule has 0 spiro atoms. The van der Waals surface area contributed by atoms with Gasteiger partial charge >= 0.3 is 5.97 Å². The first-order valence-corrected chi connectivity index (χ1v) is 7.37. The molecule has 2 rings (SSSR count). The molecular weight excluding hydrogens is 244 g/mol. The van der Waals surface area contributed by atoms with Crippen molar-refractivity contribution >= 4 is 11.9 Å². The van der Waals surface area contributed by atoms with Gasteiger partial charge in [0, 0.05) is 13.1 Å². The summed E-state index contributed by atoms with van der Waals surface area (Å²) in [6.45, 7) is 4.35. The summed E-state index contributed by atoms with van der Waals surface area (Å²) in [4.78, 5) is 25.5. The van der Waals surface area contributed by atoms with Gasteiger partial charge in [-0.3, -0.25) is 4.79 Å². The Balaban J connectivity index is 2.03. The van der Waals surface area contributed by atoms with Crippen LogP contribution in [0.5, 0.6) is 0 Å². The van der Waals surface area contributed by atoms with Gasteiger partial charge in [-0.2, -0.15) is 0 Å². The summed E-state index contributed by atoms with van der Waals surface area (Å²) in [7, 11) is 0. The SMILES string of the molecule is CCC1CCN(C(=O)[C@@H]2CCCNC2)C(C(=O)O)C1. The molecule has 5 nitrogen and oxygen atoms in total. The Hall–Kier alpha value is -1.10. The molecule has 1 amide bonds. The van der Waals surface area contributed by atoms with Crippen molar-refractivity contribution in [3.63, 3.8) is 0 Å². The van der Waals surface area contributed by atoms with Crippen molar-refractivity contribution in [2.75, 3.05) is 19.6 Å². The van der Waals surface area contributed by atoms with Crippen molar-refractivity contribution in [2.45, 2.75) is 45.1 Å². The van der Waals surface area contributed by atoms with Crippen LogP contribution in [0.4, 0.5) is 0 Å². The fourth-order valence-corrected chi connectivity index (χ4v) is 3.20. The van der Waals surface area contributed by atoms with E-state index < -0.39 is 12.0 Å². The highest BCUT2D eigenvalue weighted by molar-refractivity contribution is 5.85. The molecule has 0 aliphatic carbocycles. The van der Waals surface area contributed by atoms with E-state index in [-0.39, 0.29) is 11.8 Å². The molecule has 0 aromatic heterocycles. The average Bonchev–Trinajstić information content (AvgIpc) is 2.46. The minimum atomic E-state index is -0.852. The lowest BCUT2D eigenvalue weighted by Crippen LogP contribution is -2.53. The van der Waals surface area contributed by atoms with Crippen LogP contribution in [0.15, 0.2) is 0 Å². The Labute approximate surface area is 114 Å². The summed E-state index contributed by atoms with van der Waals surface area (Å²) < 4.78 is 0. The number of rotatable bonds is 3. The molecule has 2 unspecified atom stereocenters. The second kappa shape index (κ2) is 6.37. The molecule has 5 heteroatoms. The fraction of sp³-hybridized carbons (Fsp3) is 0.857. The zero-order valence-corrected chi connectivity index (χ0v) is 11.6. The third-order valence-electron chi connectivity index (χ3n) is 4.50. The van der Waals surface area contributed by atoms with Gasteiger partial charge in [-0.1, -0.05) is 13.3 Å². The van der Waals surface area contributed by atoms with Crippen LogP contribution in [0.2, 0.25) is 0 Å². The van der Waals surface area contributed by atoms with Crippen molar-refractivity contribution < 1.29 is 14.7 Å². The second-order valence-electron chi connectivity index (χ2n) is 5.73. The van der Waals surface area contributed by atoms with Gasteiger partial charge in [0.25, 0.3) is 0 Å². The fourth-order valence-electron chi connectivity index (χ4n) is 3.20. The van der Waals surface area contributed by atoms with Gasteiger partial charge in [0.05, 0.1) is 5.92 Å². The van der Waals surface area contributed by atoms with Gasteiger partial charge in [-0.15, -0.1) is 0 Å². The molecule has 108 valence electrons. The maximum absolute atomic E-state index is 12.5. The predicted molar refractivity (Wildman–Crippen MR) is 71.7 cm³/mol. The summed E-state index contributed by atoms with van der Waals surface area (Å²) in [5.41, 5.74) is 0. The summed E-state index contributed by atoms with van der Waals surface area (Å²) in [5, 5.41) is 12.6. The van der Waals surface area contributed by atoms with E-state index in [2.05, 4.69) is 12.2 Å². The Morgan fingerprint density at radius 1 is 1.37 bits per heavy atom. The molecule has 0 aromatic rings. The van der Waals surface area contributed by atoms with E-state index in [1.807, 2.05) is 0 Å². The number of hydrogen-bond acceptors (Lipinski definition) is 3. The quantitative estimate of drug-likeness (QED) is 0.804. The molecular formula is C14H24N2O3. The van der Waals surface area contributed by atoms with Crippen molar-refractivity contribution in [1.82, 2.24) is 10.2 Å². The Morgan fingerprint density at radius 3 is 2.74 bits per heavy atom. The smallest absolute Gasteiger partial charge is 0.326 e. The topological polar surface area (TPSA) is 69.6 Å². The van der Waals surface area contributed by atoms with E-state index >= 15 is 0 Å². The monoisotopic (exact) mass is 268 g/mol. The van der Waals surface area contributed by atoms with E-state index in [1.165, 1.54) is 0 Å². The number of aliphatic carboxylic acids is 1. The molecule has 2 heterocycles. The summed E-state index contributed by atoms with van der Waals surface area (Å²) in [6, 6.07) is -0.617. The zero-order valence-electron chi connectivity index (χ0n) is 11.6. The number of carboxylic acid groups (broad SMARTS) is 1. The number of hydrogen-bond donors (Lipinski definition) is 2. The normalized spacial score (nSPS) is 32.1.